The van der Waals surface area contributed by atoms with E-state index in [1.807, 2.05) is 32.0 Å². The van der Waals surface area contributed by atoms with Crippen molar-refractivity contribution in [1.29, 1.82) is 10.5 Å². The number of carbonyl (C=O) groups excluding carboxylic acids is 1. The van der Waals surface area contributed by atoms with Crippen molar-refractivity contribution in [3.05, 3.63) is 93.1 Å². The van der Waals surface area contributed by atoms with Crippen molar-refractivity contribution in [2.45, 2.75) is 13.8 Å². The summed E-state index contributed by atoms with van der Waals surface area (Å²) in [7, 11) is 0. The van der Waals surface area contributed by atoms with Crippen LogP contribution in [0.5, 0.6) is 0 Å². The lowest BCUT2D eigenvalue weighted by molar-refractivity contribution is 0.103. The zero-order chi connectivity index (χ0) is 24.8. The second kappa shape index (κ2) is 10.4. The van der Waals surface area contributed by atoms with Gasteiger partial charge in [0, 0.05) is 35.1 Å². The molecule has 0 fully saturated rings. The van der Waals surface area contributed by atoms with Gasteiger partial charge in [0.2, 0.25) is 11.7 Å². The van der Waals surface area contributed by atoms with E-state index in [9.17, 15) is 4.79 Å². The number of hydrogen-bond donors (Lipinski definition) is 2. The highest BCUT2D eigenvalue weighted by atomic mass is 32.1. The molecule has 0 spiro atoms. The van der Waals surface area contributed by atoms with Crippen LogP contribution in [-0.2, 0) is 0 Å². The minimum Gasteiger partial charge on any atom is -0.340 e. The predicted molar refractivity (Wildman–Crippen MR) is 136 cm³/mol. The number of nitrogens with zero attached hydrogens (tertiary/aromatic N) is 5. The SMILES string of the molecule is Cc1cc(C=CC#N)cc(C)c1Nc1cc(C(=O)c2nccs2)nc(Nc2ccc(C#N)cc2)n1. The van der Waals surface area contributed by atoms with Crippen molar-refractivity contribution in [1.82, 2.24) is 15.0 Å². The monoisotopic (exact) mass is 477 g/mol. The van der Waals surface area contributed by atoms with E-state index in [1.54, 1.807) is 48.0 Å². The van der Waals surface area contributed by atoms with E-state index in [-0.39, 0.29) is 17.4 Å². The molecule has 4 aromatic rings. The van der Waals surface area contributed by atoms with Crippen LogP contribution in [0.3, 0.4) is 0 Å². The Kier molecular flexibility index (Phi) is 6.91. The average Bonchev–Trinajstić information content (AvgIpc) is 3.40. The molecule has 0 saturated heterocycles. The van der Waals surface area contributed by atoms with Crippen LogP contribution in [0.25, 0.3) is 6.08 Å². The van der Waals surface area contributed by atoms with Crippen LogP contribution >= 0.6 is 11.3 Å². The zero-order valence-corrected chi connectivity index (χ0v) is 19.7. The Labute approximate surface area is 206 Å². The van der Waals surface area contributed by atoms with Crippen molar-refractivity contribution in [3.63, 3.8) is 0 Å². The summed E-state index contributed by atoms with van der Waals surface area (Å²) in [6, 6.07) is 16.4. The van der Waals surface area contributed by atoms with Gasteiger partial charge >= 0.3 is 0 Å². The van der Waals surface area contributed by atoms with Crippen LogP contribution in [0.1, 0.15) is 37.7 Å². The molecule has 0 bridgehead atoms. The molecule has 4 rings (SSSR count). The average molecular weight is 478 g/mol. The highest BCUT2D eigenvalue weighted by molar-refractivity contribution is 7.11. The maximum absolute atomic E-state index is 13.0. The second-order valence-electron chi connectivity index (χ2n) is 7.56. The molecule has 0 saturated carbocycles. The summed E-state index contributed by atoms with van der Waals surface area (Å²) >= 11 is 1.24. The predicted octanol–water partition coefficient (Wildman–Crippen LogP) is 5.68. The number of thiazole rings is 1. The molecule has 0 atom stereocenters. The maximum atomic E-state index is 13.0. The van der Waals surface area contributed by atoms with Crippen LogP contribution in [-0.4, -0.2) is 20.7 Å². The third-order valence-corrected chi connectivity index (χ3v) is 5.79. The van der Waals surface area contributed by atoms with Gasteiger partial charge in [-0.05, 0) is 73.0 Å². The topological polar surface area (TPSA) is 127 Å². The quantitative estimate of drug-likeness (QED) is 0.257. The van der Waals surface area contributed by atoms with Crippen LogP contribution < -0.4 is 10.6 Å². The number of hydrogen-bond acceptors (Lipinski definition) is 9. The number of aryl methyl sites for hydroxylation is 2. The first-order valence-corrected chi connectivity index (χ1v) is 11.4. The summed E-state index contributed by atoms with van der Waals surface area (Å²) in [5.41, 5.74) is 5.07. The summed E-state index contributed by atoms with van der Waals surface area (Å²) in [6.45, 7) is 3.91. The maximum Gasteiger partial charge on any atom is 0.240 e. The van der Waals surface area contributed by atoms with Gasteiger partial charge in [0.25, 0.3) is 0 Å². The van der Waals surface area contributed by atoms with Gasteiger partial charge in [-0.1, -0.05) is 0 Å². The van der Waals surface area contributed by atoms with Gasteiger partial charge in [-0.2, -0.15) is 15.5 Å². The molecule has 2 aromatic carbocycles. The van der Waals surface area contributed by atoms with Gasteiger partial charge in [0.05, 0.1) is 17.7 Å². The molecule has 9 heteroatoms. The highest BCUT2D eigenvalue weighted by Gasteiger charge is 2.17. The van der Waals surface area contributed by atoms with Crippen LogP contribution in [0.15, 0.2) is 60.1 Å². The molecule has 0 aliphatic rings. The van der Waals surface area contributed by atoms with E-state index in [1.165, 1.54) is 17.4 Å². The van der Waals surface area contributed by atoms with Crippen molar-refractivity contribution >= 4 is 46.3 Å². The smallest absolute Gasteiger partial charge is 0.240 e. The number of anilines is 4. The summed E-state index contributed by atoms with van der Waals surface area (Å²) < 4.78 is 0. The second-order valence-corrected chi connectivity index (χ2v) is 8.45. The number of carbonyl (C=O) groups is 1. The Bertz CT molecular complexity index is 1470. The standard InChI is InChI=1S/C26H19N7OS/c1-16-12-19(4-3-9-27)13-17(2)23(16)32-22-14-21(24(34)25-29-10-11-35-25)31-26(33-22)30-20-7-5-18(15-28)6-8-20/h3-8,10-14H,1-2H3,(H2,30,31,32,33). The minimum atomic E-state index is -0.307. The highest BCUT2D eigenvalue weighted by Crippen LogP contribution is 2.27. The summed E-state index contributed by atoms with van der Waals surface area (Å²) in [5.74, 6) is 0.352. The van der Waals surface area contributed by atoms with Gasteiger partial charge in [-0.15, -0.1) is 11.3 Å². The number of ketones is 1. The van der Waals surface area contributed by atoms with E-state index in [0.29, 0.717) is 22.1 Å². The van der Waals surface area contributed by atoms with Gasteiger partial charge < -0.3 is 10.6 Å². The van der Waals surface area contributed by atoms with Crippen molar-refractivity contribution in [2.24, 2.45) is 0 Å². The van der Waals surface area contributed by atoms with Crippen LogP contribution in [0.2, 0.25) is 0 Å². The lowest BCUT2D eigenvalue weighted by atomic mass is 10.0. The molecule has 2 N–H and O–H groups in total. The van der Waals surface area contributed by atoms with E-state index < -0.39 is 0 Å². The number of aromatic nitrogens is 3. The van der Waals surface area contributed by atoms with Crippen LogP contribution in [0.4, 0.5) is 23.1 Å². The molecular weight excluding hydrogens is 458 g/mol. The Morgan fingerprint density at radius 2 is 1.77 bits per heavy atom. The van der Waals surface area contributed by atoms with E-state index >= 15 is 0 Å². The first-order chi connectivity index (χ1) is 17.0. The van der Waals surface area contributed by atoms with Crippen molar-refractivity contribution < 1.29 is 4.79 Å². The zero-order valence-electron chi connectivity index (χ0n) is 18.9. The molecule has 2 heterocycles. The normalized spacial score (nSPS) is 10.5. The molecule has 0 aliphatic heterocycles. The summed E-state index contributed by atoms with van der Waals surface area (Å²) in [6.07, 6.45) is 4.76. The summed E-state index contributed by atoms with van der Waals surface area (Å²) in [4.78, 5) is 26.1. The fraction of sp³-hybridized carbons (Fsp3) is 0.0769. The molecule has 2 aromatic heterocycles. The Hall–Kier alpha value is -4.86. The molecule has 35 heavy (non-hydrogen) atoms. The number of nitrogens with one attached hydrogen (secondary N) is 2. The van der Waals surface area contributed by atoms with Crippen LogP contribution in [0, 0.1) is 36.5 Å². The largest absolute Gasteiger partial charge is 0.340 e. The first-order valence-electron chi connectivity index (χ1n) is 10.5. The molecule has 0 amide bonds. The number of rotatable bonds is 7. The molecule has 170 valence electrons. The molecular formula is C26H19N7OS. The Morgan fingerprint density at radius 3 is 2.40 bits per heavy atom. The molecule has 0 aliphatic carbocycles. The number of nitriles is 2. The van der Waals surface area contributed by atoms with E-state index in [0.717, 1.165) is 22.4 Å². The fourth-order valence-electron chi connectivity index (χ4n) is 3.44. The van der Waals surface area contributed by atoms with Gasteiger partial charge in [-0.25, -0.2) is 9.97 Å². The lowest BCUT2D eigenvalue weighted by Crippen LogP contribution is -2.10. The number of benzene rings is 2. The van der Waals surface area contributed by atoms with Crippen molar-refractivity contribution in [3.8, 4) is 12.1 Å². The third kappa shape index (κ3) is 5.56. The van der Waals surface area contributed by atoms with Gasteiger partial charge in [0.15, 0.2) is 5.01 Å². The lowest BCUT2D eigenvalue weighted by Gasteiger charge is -2.15. The Balaban J connectivity index is 1.71. The summed E-state index contributed by atoms with van der Waals surface area (Å²) in [5, 5.41) is 26.3. The fourth-order valence-corrected chi connectivity index (χ4v) is 4.02. The molecule has 8 nitrogen and oxygen atoms in total. The molecule has 0 radical (unpaired) electrons. The first kappa shape index (κ1) is 23.3. The third-order valence-electron chi connectivity index (χ3n) is 5.01. The van der Waals surface area contributed by atoms with E-state index in [4.69, 9.17) is 10.5 Å². The number of allylic oxidation sites excluding steroid dienone is 1. The molecule has 0 unspecified atom stereocenters. The van der Waals surface area contributed by atoms with E-state index in [2.05, 4.69) is 31.7 Å². The Morgan fingerprint density at radius 1 is 1.03 bits per heavy atom. The van der Waals surface area contributed by atoms with Gasteiger partial charge in [-0.3, -0.25) is 4.79 Å². The van der Waals surface area contributed by atoms with Gasteiger partial charge in [0.1, 0.15) is 11.5 Å². The minimum absolute atomic E-state index is 0.192. The van der Waals surface area contributed by atoms with Crippen molar-refractivity contribution in [2.75, 3.05) is 10.6 Å².